The Bertz CT molecular complexity index is 1040. The number of hydrogen-bond donors (Lipinski definition) is 1. The Morgan fingerprint density at radius 2 is 1.67 bits per heavy atom. The molecule has 4 nitrogen and oxygen atoms in total. The summed E-state index contributed by atoms with van der Waals surface area (Å²) < 4.78 is 6.95. The number of rotatable bonds is 8. The maximum Gasteiger partial charge on any atom is 0.223 e. The third kappa shape index (κ3) is 6.71. The zero-order chi connectivity index (χ0) is 23.0. The van der Waals surface area contributed by atoms with E-state index < -0.39 is 0 Å². The quantitative estimate of drug-likeness (QED) is 0.339. The van der Waals surface area contributed by atoms with Gasteiger partial charge in [0.1, 0.15) is 12.4 Å². The summed E-state index contributed by atoms with van der Waals surface area (Å²) >= 11 is 8.44. The molecule has 0 aromatic heterocycles. The van der Waals surface area contributed by atoms with E-state index in [0.29, 0.717) is 11.6 Å². The predicted octanol–water partition coefficient (Wildman–Crippen LogP) is 5.94. The summed E-state index contributed by atoms with van der Waals surface area (Å²) in [4.78, 5) is 15.6. The van der Waals surface area contributed by atoms with Gasteiger partial charge in [-0.15, -0.1) is 0 Å². The van der Waals surface area contributed by atoms with E-state index in [2.05, 4.69) is 44.9 Å². The fourth-order valence-electron chi connectivity index (χ4n) is 4.19. The summed E-state index contributed by atoms with van der Waals surface area (Å²) in [7, 11) is 0. The molecule has 6 heteroatoms. The normalized spacial score (nSPS) is 15.7. The smallest absolute Gasteiger partial charge is 0.223 e. The number of amides is 1. The Kier molecular flexibility index (Phi) is 8.64. The maximum absolute atomic E-state index is 13.3. The molecule has 172 valence electrons. The van der Waals surface area contributed by atoms with E-state index >= 15 is 0 Å². The number of ether oxygens (including phenoxy) is 1. The summed E-state index contributed by atoms with van der Waals surface area (Å²) in [5.41, 5.74) is 2.14. The van der Waals surface area contributed by atoms with Crippen molar-refractivity contribution < 1.29 is 9.53 Å². The molecule has 1 atom stereocenters. The molecule has 3 aromatic rings. The van der Waals surface area contributed by atoms with Crippen LogP contribution in [0.1, 0.15) is 30.0 Å². The minimum atomic E-state index is -0.194. The van der Waals surface area contributed by atoms with Crippen molar-refractivity contribution in [2.24, 2.45) is 5.92 Å². The minimum Gasteiger partial charge on any atom is -0.492 e. The molecule has 0 saturated carbocycles. The molecule has 1 fully saturated rings. The van der Waals surface area contributed by atoms with Crippen molar-refractivity contribution in [1.29, 1.82) is 0 Å². The molecule has 1 N–H and O–H groups in total. The highest BCUT2D eigenvalue weighted by molar-refractivity contribution is 14.1. The number of para-hydroxylation sites is 1. The lowest BCUT2D eigenvalue weighted by Crippen LogP contribution is -2.42. The van der Waals surface area contributed by atoms with Crippen LogP contribution >= 0.6 is 34.2 Å². The minimum absolute atomic E-state index is 0.0208. The third-order valence-electron chi connectivity index (χ3n) is 6.08. The molecule has 1 heterocycles. The van der Waals surface area contributed by atoms with Crippen molar-refractivity contribution in [3.63, 3.8) is 0 Å². The van der Waals surface area contributed by atoms with Gasteiger partial charge in [0, 0.05) is 21.1 Å². The Balaban J connectivity index is 1.34. The zero-order valence-corrected chi connectivity index (χ0v) is 21.3. The van der Waals surface area contributed by atoms with Crippen molar-refractivity contribution in [3.8, 4) is 5.75 Å². The second kappa shape index (κ2) is 11.9. The Morgan fingerprint density at radius 3 is 2.36 bits per heavy atom. The van der Waals surface area contributed by atoms with Gasteiger partial charge >= 0.3 is 0 Å². The first-order valence-corrected chi connectivity index (χ1v) is 12.8. The zero-order valence-electron chi connectivity index (χ0n) is 18.4. The van der Waals surface area contributed by atoms with E-state index in [1.54, 1.807) is 0 Å². The van der Waals surface area contributed by atoms with Crippen LogP contribution in [-0.2, 0) is 4.79 Å². The van der Waals surface area contributed by atoms with Crippen LogP contribution in [0, 0.1) is 9.49 Å². The first-order chi connectivity index (χ1) is 16.1. The number of nitrogens with zero attached hydrogens (tertiary/aromatic N) is 1. The largest absolute Gasteiger partial charge is 0.492 e. The number of likely N-dealkylation sites (tertiary alicyclic amines) is 1. The molecule has 1 aliphatic heterocycles. The molecule has 3 aromatic carbocycles. The van der Waals surface area contributed by atoms with Gasteiger partial charge in [0.05, 0.1) is 6.04 Å². The summed E-state index contributed by atoms with van der Waals surface area (Å²) in [6.45, 7) is 3.35. The number of hydrogen-bond acceptors (Lipinski definition) is 3. The standard InChI is InChI=1S/C27H28ClIN2O2/c28-22-12-10-20(11-13-22)26(24-8-4-5-9-25(24)29)30-27(32)21-14-16-31(17-15-21)18-19-33-23-6-2-1-3-7-23/h1-13,21,26H,14-19H2,(H,30,32). The van der Waals surface area contributed by atoms with E-state index in [1.807, 2.05) is 66.7 Å². The second-order valence-corrected chi connectivity index (χ2v) is 9.89. The molecule has 4 rings (SSSR count). The van der Waals surface area contributed by atoms with Crippen molar-refractivity contribution in [3.05, 3.63) is 98.6 Å². The summed E-state index contributed by atoms with van der Waals surface area (Å²) in [5, 5.41) is 4.02. The summed E-state index contributed by atoms with van der Waals surface area (Å²) in [6.07, 6.45) is 1.72. The molecular weight excluding hydrogens is 547 g/mol. The maximum atomic E-state index is 13.3. The Hall–Kier alpha value is -2.09. The molecule has 0 radical (unpaired) electrons. The Morgan fingerprint density at radius 1 is 1.00 bits per heavy atom. The van der Waals surface area contributed by atoms with Crippen LogP contribution in [0.2, 0.25) is 5.02 Å². The molecule has 0 aliphatic carbocycles. The van der Waals surface area contributed by atoms with E-state index in [-0.39, 0.29) is 17.9 Å². The van der Waals surface area contributed by atoms with Gasteiger partial charge in [-0.05, 0) is 90.0 Å². The molecule has 0 spiro atoms. The van der Waals surface area contributed by atoms with Crippen LogP contribution in [0.25, 0.3) is 0 Å². The lowest BCUT2D eigenvalue weighted by molar-refractivity contribution is -0.127. The van der Waals surface area contributed by atoms with Crippen LogP contribution < -0.4 is 10.1 Å². The van der Waals surface area contributed by atoms with Gasteiger partial charge in [-0.1, -0.05) is 60.1 Å². The number of carbonyl (C=O) groups is 1. The second-order valence-electron chi connectivity index (χ2n) is 8.29. The van der Waals surface area contributed by atoms with E-state index in [0.717, 1.165) is 52.9 Å². The van der Waals surface area contributed by atoms with Crippen LogP contribution in [0.3, 0.4) is 0 Å². The molecule has 1 aliphatic rings. The highest BCUT2D eigenvalue weighted by Gasteiger charge is 2.28. The molecule has 1 saturated heterocycles. The van der Waals surface area contributed by atoms with Gasteiger partial charge in [0.25, 0.3) is 0 Å². The first kappa shape index (κ1) is 24.0. The van der Waals surface area contributed by atoms with E-state index in [9.17, 15) is 4.79 Å². The number of piperidine rings is 1. The van der Waals surface area contributed by atoms with Crippen LogP contribution in [0.15, 0.2) is 78.9 Å². The van der Waals surface area contributed by atoms with Crippen LogP contribution in [-0.4, -0.2) is 37.0 Å². The van der Waals surface area contributed by atoms with Gasteiger partial charge in [-0.3, -0.25) is 9.69 Å². The number of carbonyl (C=O) groups excluding carboxylic acids is 1. The lowest BCUT2D eigenvalue weighted by Gasteiger charge is -2.32. The first-order valence-electron chi connectivity index (χ1n) is 11.3. The molecule has 1 unspecified atom stereocenters. The number of halogens is 2. The van der Waals surface area contributed by atoms with Gasteiger partial charge in [0.15, 0.2) is 0 Å². The fraction of sp³-hybridized carbons (Fsp3) is 0.296. The van der Waals surface area contributed by atoms with Gasteiger partial charge < -0.3 is 10.1 Å². The summed E-state index contributed by atoms with van der Waals surface area (Å²) in [6, 6.07) is 25.6. The molecule has 33 heavy (non-hydrogen) atoms. The number of nitrogens with one attached hydrogen (secondary N) is 1. The molecule has 1 amide bonds. The van der Waals surface area contributed by atoms with Crippen LogP contribution in [0.4, 0.5) is 0 Å². The van der Waals surface area contributed by atoms with Crippen molar-refractivity contribution >= 4 is 40.1 Å². The van der Waals surface area contributed by atoms with E-state index in [1.165, 1.54) is 0 Å². The van der Waals surface area contributed by atoms with Crippen molar-refractivity contribution in [2.75, 3.05) is 26.2 Å². The van der Waals surface area contributed by atoms with Gasteiger partial charge in [0.2, 0.25) is 5.91 Å². The predicted molar refractivity (Wildman–Crippen MR) is 142 cm³/mol. The molecule has 0 bridgehead atoms. The van der Waals surface area contributed by atoms with Gasteiger partial charge in [-0.2, -0.15) is 0 Å². The third-order valence-corrected chi connectivity index (χ3v) is 7.32. The Labute approximate surface area is 214 Å². The fourth-order valence-corrected chi connectivity index (χ4v) is 5.02. The van der Waals surface area contributed by atoms with Crippen LogP contribution in [0.5, 0.6) is 5.75 Å². The van der Waals surface area contributed by atoms with Crippen molar-refractivity contribution in [2.45, 2.75) is 18.9 Å². The SMILES string of the molecule is O=C(NC(c1ccc(Cl)cc1)c1ccccc1I)C1CCN(CCOc2ccccc2)CC1. The average Bonchev–Trinajstić information content (AvgIpc) is 2.85. The van der Waals surface area contributed by atoms with Crippen molar-refractivity contribution in [1.82, 2.24) is 10.2 Å². The molecular formula is C27H28ClIN2O2. The van der Waals surface area contributed by atoms with Gasteiger partial charge in [-0.25, -0.2) is 0 Å². The number of benzene rings is 3. The summed E-state index contributed by atoms with van der Waals surface area (Å²) in [5.74, 6) is 1.04. The highest BCUT2D eigenvalue weighted by Crippen LogP contribution is 2.28. The average molecular weight is 575 g/mol. The lowest BCUT2D eigenvalue weighted by atomic mass is 9.93. The monoisotopic (exact) mass is 574 g/mol. The highest BCUT2D eigenvalue weighted by atomic mass is 127. The topological polar surface area (TPSA) is 41.6 Å². The van der Waals surface area contributed by atoms with E-state index in [4.69, 9.17) is 16.3 Å².